The Kier molecular flexibility index (Phi) is 22.1. The number of nitrogens with zero attached hydrogens (tertiary/aromatic N) is 5. The van der Waals surface area contributed by atoms with E-state index in [0.717, 1.165) is 64.9 Å². The Morgan fingerprint density at radius 3 is 2.20 bits per heavy atom. The lowest BCUT2D eigenvalue weighted by atomic mass is 10.0. The summed E-state index contributed by atoms with van der Waals surface area (Å²) < 4.78 is 4.78. The Morgan fingerprint density at radius 1 is 0.867 bits per heavy atom. The van der Waals surface area contributed by atoms with Crippen molar-refractivity contribution in [2.45, 2.75) is 90.5 Å². The molecule has 3 N–H and O–H groups in total. The van der Waals surface area contributed by atoms with E-state index in [-0.39, 0.29) is 109 Å². The topological polar surface area (TPSA) is 167 Å². The quantitative estimate of drug-likeness (QED) is 0.0495. The maximum Gasteiger partial charge on any atom is 0.407 e. The van der Waals surface area contributed by atoms with E-state index in [2.05, 4.69) is 42.0 Å². The Morgan fingerprint density at radius 2 is 1.55 bits per heavy atom. The lowest BCUT2D eigenvalue weighted by Gasteiger charge is -2.32. The number of rotatable bonds is 11. The number of amides is 3. The van der Waals surface area contributed by atoms with Crippen LogP contribution in [0.25, 0.3) is 22.3 Å². The van der Waals surface area contributed by atoms with Crippen LogP contribution in [0.1, 0.15) is 95.2 Å². The van der Waals surface area contributed by atoms with Gasteiger partial charge in [0.15, 0.2) is 0 Å². The second-order valence-corrected chi connectivity index (χ2v) is 14.8. The van der Waals surface area contributed by atoms with Crippen molar-refractivity contribution in [1.29, 1.82) is 0 Å². The monoisotopic (exact) mass is 920 g/mol. The van der Waals surface area contributed by atoms with Crippen LogP contribution in [0.15, 0.2) is 53.7 Å². The molecule has 2 aromatic carbocycles. The van der Waals surface area contributed by atoms with Gasteiger partial charge in [-0.3, -0.25) is 9.59 Å². The minimum atomic E-state index is -0.709. The molecule has 0 aliphatic carbocycles. The number of likely N-dealkylation sites (tertiary alicyclic amines) is 2. The lowest BCUT2D eigenvalue weighted by Crippen LogP contribution is -2.52. The van der Waals surface area contributed by atoms with Gasteiger partial charge in [0, 0.05) is 23.7 Å². The van der Waals surface area contributed by atoms with Gasteiger partial charge in [0.25, 0.3) is 0 Å². The molecule has 0 unspecified atom stereocenters. The number of ether oxygens (including phenoxy) is 1. The molecule has 5 atom stereocenters. The maximum atomic E-state index is 13.8. The zero-order chi connectivity index (χ0) is 39.2. The zero-order valence-electron chi connectivity index (χ0n) is 35.0. The van der Waals surface area contributed by atoms with Crippen molar-refractivity contribution < 1.29 is 28.9 Å². The van der Waals surface area contributed by atoms with E-state index in [1.54, 1.807) is 6.20 Å². The number of hydrogen-bond donors (Lipinski definition) is 3. The fourth-order valence-corrected chi connectivity index (χ4v) is 7.42. The first-order valence-electron chi connectivity index (χ1n) is 18.8. The van der Waals surface area contributed by atoms with E-state index in [0.29, 0.717) is 12.4 Å². The van der Waals surface area contributed by atoms with Crippen LogP contribution in [0.2, 0.25) is 0 Å². The molecule has 4 aromatic rings. The number of H-pyrrole nitrogens is 2. The van der Waals surface area contributed by atoms with E-state index in [4.69, 9.17) is 14.6 Å². The van der Waals surface area contributed by atoms with Crippen molar-refractivity contribution in [1.82, 2.24) is 35.1 Å². The van der Waals surface area contributed by atoms with Crippen LogP contribution >= 0.6 is 67.5 Å². The van der Waals surface area contributed by atoms with Crippen LogP contribution in [-0.4, -0.2) is 92.9 Å². The molecule has 4 heterocycles. The van der Waals surface area contributed by atoms with Crippen molar-refractivity contribution in [3.05, 3.63) is 71.4 Å². The molecule has 0 spiro atoms. The van der Waals surface area contributed by atoms with Crippen molar-refractivity contribution >= 4 is 103 Å². The molecule has 2 aliphatic heterocycles. The number of hydrogen-bond acceptors (Lipinski definition) is 9. The Labute approximate surface area is 387 Å². The van der Waals surface area contributed by atoms with Crippen molar-refractivity contribution in [2.24, 2.45) is 16.8 Å². The summed E-state index contributed by atoms with van der Waals surface area (Å²) in [6.45, 7) is 10.4. The van der Waals surface area contributed by atoms with Gasteiger partial charge in [-0.1, -0.05) is 51.7 Å². The average molecular weight is 921 g/mol. The first-order valence-corrected chi connectivity index (χ1v) is 18.8. The fraction of sp³-hybridized carbons (Fsp3) is 0.463. The fourth-order valence-electron chi connectivity index (χ4n) is 7.42. The highest BCUT2D eigenvalue weighted by molar-refractivity contribution is 7.60. The third kappa shape index (κ3) is 12.3. The van der Waals surface area contributed by atoms with Crippen molar-refractivity contribution in [3.63, 3.8) is 0 Å². The largest absolute Gasteiger partial charge is 0.453 e. The lowest BCUT2D eigenvalue weighted by molar-refractivity contribution is -0.188. The van der Waals surface area contributed by atoms with Gasteiger partial charge in [-0.25, -0.2) is 19.8 Å². The van der Waals surface area contributed by atoms with Gasteiger partial charge in [0.2, 0.25) is 18.2 Å². The molecule has 6 rings (SSSR count). The molecular formula is C41H60N8O6S5. The first-order chi connectivity index (χ1) is 26.5. The van der Waals surface area contributed by atoms with Gasteiger partial charge >= 0.3 is 6.09 Å². The van der Waals surface area contributed by atoms with Gasteiger partial charge in [0.05, 0.1) is 49.2 Å². The van der Waals surface area contributed by atoms with E-state index >= 15 is 0 Å². The number of aromatic amines is 2. The molecule has 2 aliphatic rings. The molecular weight excluding hydrogens is 861 g/mol. The second kappa shape index (κ2) is 24.5. The number of nitrogens with one attached hydrogen (secondary N) is 3. The Hall–Kier alpha value is -3.93. The second-order valence-electron chi connectivity index (χ2n) is 14.8. The molecule has 330 valence electrons. The molecule has 2 aromatic heterocycles. The molecule has 60 heavy (non-hydrogen) atoms. The highest BCUT2D eigenvalue weighted by Gasteiger charge is 2.41. The smallest absolute Gasteiger partial charge is 0.407 e. The van der Waals surface area contributed by atoms with Crippen LogP contribution in [0.4, 0.5) is 4.79 Å². The van der Waals surface area contributed by atoms with E-state index < -0.39 is 18.2 Å². The van der Waals surface area contributed by atoms with Crippen LogP contribution in [0.5, 0.6) is 0 Å². The van der Waals surface area contributed by atoms with E-state index in [1.165, 1.54) is 20.6 Å². The molecule has 3 amide bonds. The SMILES string of the molecule is COOC=N[C@H](C(=O)N1CCC[C@H]1c1ncc(-c2ccc(C#Cc3ccc4nc([C@@H]5CC[C@H](C)N5C(=O)[C@@H](NC(=O)OC)C(C)C)[nH]c4c3)cc2)[nH]1)C(C)C.S.S.S.S.S. The summed E-state index contributed by atoms with van der Waals surface area (Å²) in [5.74, 6) is 7.65. The summed E-state index contributed by atoms with van der Waals surface area (Å²) in [5, 5.41) is 2.71. The van der Waals surface area contributed by atoms with Crippen LogP contribution in [0.3, 0.4) is 0 Å². The normalized spacial score (nSPS) is 17.9. The van der Waals surface area contributed by atoms with Gasteiger partial charge in [-0.15, -0.1) is 0 Å². The van der Waals surface area contributed by atoms with Gasteiger partial charge < -0.3 is 34.7 Å². The molecule has 0 saturated carbocycles. The van der Waals surface area contributed by atoms with E-state index in [9.17, 15) is 14.4 Å². The molecule has 0 bridgehead atoms. The van der Waals surface area contributed by atoms with Gasteiger partial charge in [0.1, 0.15) is 23.7 Å². The Bertz CT molecular complexity index is 2100. The third-order valence-corrected chi connectivity index (χ3v) is 10.4. The molecule has 2 fully saturated rings. The minimum absolute atomic E-state index is 0. The van der Waals surface area contributed by atoms with Crippen LogP contribution in [-0.2, 0) is 24.1 Å². The Balaban J connectivity index is 0.00000360. The summed E-state index contributed by atoms with van der Waals surface area (Å²) in [6, 6.07) is 12.1. The van der Waals surface area contributed by atoms with Gasteiger partial charge in [-0.05, 0) is 80.3 Å². The summed E-state index contributed by atoms with van der Waals surface area (Å²) in [4.78, 5) is 73.1. The number of fused-ring (bicyclic) bond motifs is 1. The molecule has 2 saturated heterocycles. The zero-order valence-corrected chi connectivity index (χ0v) is 40.0. The van der Waals surface area contributed by atoms with Gasteiger partial charge in [-0.2, -0.15) is 72.4 Å². The molecule has 19 heteroatoms. The summed E-state index contributed by atoms with van der Waals surface area (Å²) >= 11 is 0. The number of carbonyl (C=O) groups excluding carboxylic acids is 3. The predicted octanol–water partition coefficient (Wildman–Crippen LogP) is 6.64. The standard InChI is InChI=1S/C41H50N8O6.5H2S/c1-24(2)35(43-23-55-54-7)39(50)48-20-8-9-33(48)37-42-22-32(46-37)29-16-13-27(14-17-29)11-12-28-15-18-30-31(21-28)45-38(44-30)34-19-10-26(5)49(34)40(51)36(25(3)4)47-41(52)53-6;;;;;/h13-18,21-26,33-36H,8-10,19-20H2,1-7H3,(H,42,46)(H,44,45)(H,47,52);5*1H2/t26-,33-,34-,35-,36-;;;;;/m0...../s1. The number of methoxy groups -OCH3 is 1. The highest BCUT2D eigenvalue weighted by atomic mass is 32.1. The molecule has 0 radical (unpaired) electrons. The maximum absolute atomic E-state index is 13.8. The number of imidazole rings is 2. The molecule has 14 nitrogen and oxygen atoms in total. The summed E-state index contributed by atoms with van der Waals surface area (Å²) in [6.07, 6.45) is 5.64. The predicted molar refractivity (Wildman–Crippen MR) is 259 cm³/mol. The van der Waals surface area contributed by atoms with Crippen molar-refractivity contribution in [3.8, 4) is 23.1 Å². The highest BCUT2D eigenvalue weighted by Crippen LogP contribution is 2.37. The van der Waals surface area contributed by atoms with Crippen LogP contribution < -0.4 is 5.32 Å². The minimum Gasteiger partial charge on any atom is -0.453 e. The third-order valence-electron chi connectivity index (χ3n) is 10.4. The number of alkyl carbamates (subject to hydrolysis) is 1. The summed E-state index contributed by atoms with van der Waals surface area (Å²) in [5.41, 5.74) is 5.13. The first kappa shape index (κ1) is 54.1. The number of aliphatic imine (C=N–C) groups is 1. The number of benzene rings is 2. The number of carbonyl (C=O) groups is 3. The summed E-state index contributed by atoms with van der Waals surface area (Å²) in [7, 11) is 2.68. The van der Waals surface area contributed by atoms with Crippen molar-refractivity contribution in [2.75, 3.05) is 20.8 Å². The number of aromatic nitrogens is 4. The average Bonchev–Trinajstić information content (AvgIpc) is 4.00. The van der Waals surface area contributed by atoms with E-state index in [1.807, 2.05) is 86.9 Å². The van der Waals surface area contributed by atoms with Crippen LogP contribution in [0, 0.1) is 23.7 Å².